The molecule has 0 unspecified atom stereocenters. The molecule has 1 aromatic carbocycles. The molecule has 0 atom stereocenters. The van der Waals surface area contributed by atoms with Crippen LogP contribution in [-0.4, -0.2) is 16.8 Å². The third-order valence-corrected chi connectivity index (χ3v) is 1.42. The topological polar surface area (TPSA) is 49.7 Å². The summed E-state index contributed by atoms with van der Waals surface area (Å²) >= 11 is 0. The van der Waals surface area contributed by atoms with Crippen LogP contribution in [-0.2, 0) is 0 Å². The first kappa shape index (κ1) is 8.71. The number of rotatable bonds is 3. The number of ether oxygens (including phenoxy) is 1. The van der Waals surface area contributed by atoms with Gasteiger partial charge in [0.1, 0.15) is 0 Å². The van der Waals surface area contributed by atoms with E-state index in [0.717, 1.165) is 6.42 Å². The molecule has 1 rings (SSSR count). The minimum atomic E-state index is -0.0246. The number of benzene rings is 1. The van der Waals surface area contributed by atoms with Crippen LogP contribution in [0.4, 0.5) is 0 Å². The molecule has 12 heavy (non-hydrogen) atoms. The smallest absolute Gasteiger partial charge is 0.203 e. The maximum Gasteiger partial charge on any atom is 0.203 e. The molecule has 1 aromatic rings. The molecule has 66 valence electrons. The number of phenols is 2. The SMILES string of the molecule is CCCOc1c(O)cccc1O. The number of hydrogen-bond donors (Lipinski definition) is 2. The minimum absolute atomic E-state index is 0.0246. The number of phenolic OH excluding ortho intramolecular Hbond substituents is 2. The van der Waals surface area contributed by atoms with Gasteiger partial charge in [-0.15, -0.1) is 0 Å². The van der Waals surface area contributed by atoms with Crippen LogP contribution < -0.4 is 4.74 Å². The fraction of sp³-hybridized carbons (Fsp3) is 0.333. The standard InChI is InChI=1S/C9H12O3/c1-2-6-12-9-7(10)4-3-5-8(9)11/h3-5,10-11H,2,6H2,1H3. The second kappa shape index (κ2) is 3.85. The van der Waals surface area contributed by atoms with Crippen molar-refractivity contribution in [2.24, 2.45) is 0 Å². The van der Waals surface area contributed by atoms with E-state index in [1.54, 1.807) is 6.07 Å². The van der Waals surface area contributed by atoms with Gasteiger partial charge in [-0.2, -0.15) is 0 Å². The van der Waals surface area contributed by atoms with Gasteiger partial charge in [0.2, 0.25) is 5.75 Å². The first-order valence-corrected chi connectivity index (χ1v) is 3.89. The molecule has 0 amide bonds. The van der Waals surface area contributed by atoms with Crippen LogP contribution in [0.5, 0.6) is 17.2 Å². The Kier molecular flexibility index (Phi) is 2.80. The van der Waals surface area contributed by atoms with E-state index in [9.17, 15) is 10.2 Å². The summed E-state index contributed by atoms with van der Waals surface area (Å²) in [5.74, 6) is 0.117. The van der Waals surface area contributed by atoms with Crippen LogP contribution in [0.25, 0.3) is 0 Å². The Bertz CT molecular complexity index is 238. The average Bonchev–Trinajstić information content (AvgIpc) is 2.04. The predicted octanol–water partition coefficient (Wildman–Crippen LogP) is 1.89. The van der Waals surface area contributed by atoms with Crippen molar-refractivity contribution >= 4 is 0 Å². The van der Waals surface area contributed by atoms with Crippen LogP contribution in [0.3, 0.4) is 0 Å². The fourth-order valence-corrected chi connectivity index (χ4v) is 0.865. The average molecular weight is 168 g/mol. The van der Waals surface area contributed by atoms with Crippen LogP contribution >= 0.6 is 0 Å². The highest BCUT2D eigenvalue weighted by Crippen LogP contribution is 2.34. The van der Waals surface area contributed by atoms with E-state index < -0.39 is 0 Å². The Balaban J connectivity index is 2.81. The van der Waals surface area contributed by atoms with Crippen molar-refractivity contribution in [2.75, 3.05) is 6.61 Å². The molecule has 0 spiro atoms. The highest BCUT2D eigenvalue weighted by molar-refractivity contribution is 5.49. The summed E-state index contributed by atoms with van der Waals surface area (Å²) in [5, 5.41) is 18.5. The van der Waals surface area contributed by atoms with Gasteiger partial charge in [-0.05, 0) is 18.6 Å². The van der Waals surface area contributed by atoms with Gasteiger partial charge in [0.15, 0.2) is 11.5 Å². The zero-order valence-electron chi connectivity index (χ0n) is 6.95. The Labute approximate surface area is 71.2 Å². The van der Waals surface area contributed by atoms with E-state index >= 15 is 0 Å². The zero-order chi connectivity index (χ0) is 8.97. The highest BCUT2D eigenvalue weighted by atomic mass is 16.5. The van der Waals surface area contributed by atoms with Crippen molar-refractivity contribution in [3.05, 3.63) is 18.2 Å². The van der Waals surface area contributed by atoms with Crippen molar-refractivity contribution in [3.63, 3.8) is 0 Å². The summed E-state index contributed by atoms with van der Waals surface area (Å²) in [6.07, 6.45) is 0.841. The second-order valence-electron chi connectivity index (χ2n) is 2.47. The lowest BCUT2D eigenvalue weighted by molar-refractivity contribution is 0.283. The molecule has 3 nitrogen and oxygen atoms in total. The Hall–Kier alpha value is -1.38. The van der Waals surface area contributed by atoms with Gasteiger partial charge in [-0.3, -0.25) is 0 Å². The molecule has 2 N–H and O–H groups in total. The Morgan fingerprint density at radius 2 is 1.83 bits per heavy atom. The van der Waals surface area contributed by atoms with E-state index in [2.05, 4.69) is 0 Å². The van der Waals surface area contributed by atoms with E-state index in [1.807, 2.05) is 6.92 Å². The monoisotopic (exact) mass is 168 g/mol. The Morgan fingerprint density at radius 1 is 1.25 bits per heavy atom. The molecule has 0 aromatic heterocycles. The molecule has 0 radical (unpaired) electrons. The van der Waals surface area contributed by atoms with Crippen LogP contribution in [0.15, 0.2) is 18.2 Å². The number of hydrogen-bond acceptors (Lipinski definition) is 3. The fourth-order valence-electron chi connectivity index (χ4n) is 0.865. The molecule has 0 fully saturated rings. The van der Waals surface area contributed by atoms with Gasteiger partial charge in [0, 0.05) is 0 Å². The van der Waals surface area contributed by atoms with Gasteiger partial charge < -0.3 is 14.9 Å². The first-order chi connectivity index (χ1) is 5.75. The van der Waals surface area contributed by atoms with E-state index in [-0.39, 0.29) is 17.2 Å². The van der Waals surface area contributed by atoms with Crippen LogP contribution in [0.2, 0.25) is 0 Å². The summed E-state index contributed by atoms with van der Waals surface area (Å²) in [4.78, 5) is 0. The van der Waals surface area contributed by atoms with E-state index in [1.165, 1.54) is 12.1 Å². The van der Waals surface area contributed by atoms with E-state index in [0.29, 0.717) is 6.61 Å². The molecule has 0 bridgehead atoms. The van der Waals surface area contributed by atoms with Crippen LogP contribution in [0, 0.1) is 0 Å². The van der Waals surface area contributed by atoms with Gasteiger partial charge >= 0.3 is 0 Å². The number of para-hydroxylation sites is 1. The van der Waals surface area contributed by atoms with Crippen molar-refractivity contribution in [1.82, 2.24) is 0 Å². The minimum Gasteiger partial charge on any atom is -0.504 e. The summed E-state index contributed by atoms with van der Waals surface area (Å²) < 4.78 is 5.12. The van der Waals surface area contributed by atoms with Crippen molar-refractivity contribution in [3.8, 4) is 17.2 Å². The number of aromatic hydroxyl groups is 2. The Morgan fingerprint density at radius 3 is 2.33 bits per heavy atom. The molecule has 0 saturated heterocycles. The van der Waals surface area contributed by atoms with Gasteiger partial charge in [-0.1, -0.05) is 13.0 Å². The lowest BCUT2D eigenvalue weighted by atomic mass is 10.3. The van der Waals surface area contributed by atoms with Gasteiger partial charge in [-0.25, -0.2) is 0 Å². The molecular formula is C9H12O3. The quantitative estimate of drug-likeness (QED) is 0.724. The summed E-state index contributed by atoms with van der Waals surface area (Å²) in [6, 6.07) is 4.51. The summed E-state index contributed by atoms with van der Waals surface area (Å²) in [7, 11) is 0. The maximum absolute atomic E-state index is 9.23. The molecule has 0 heterocycles. The third-order valence-electron chi connectivity index (χ3n) is 1.42. The van der Waals surface area contributed by atoms with Gasteiger partial charge in [0.05, 0.1) is 6.61 Å². The summed E-state index contributed by atoms with van der Waals surface area (Å²) in [6.45, 7) is 2.45. The third kappa shape index (κ3) is 1.81. The predicted molar refractivity (Wildman–Crippen MR) is 45.6 cm³/mol. The molecule has 0 aliphatic heterocycles. The highest BCUT2D eigenvalue weighted by Gasteiger charge is 2.06. The van der Waals surface area contributed by atoms with Gasteiger partial charge in [0.25, 0.3) is 0 Å². The van der Waals surface area contributed by atoms with E-state index in [4.69, 9.17) is 4.74 Å². The van der Waals surface area contributed by atoms with Crippen LogP contribution in [0.1, 0.15) is 13.3 Å². The first-order valence-electron chi connectivity index (χ1n) is 3.89. The molecule has 0 aliphatic carbocycles. The second-order valence-corrected chi connectivity index (χ2v) is 2.47. The molecular weight excluding hydrogens is 156 g/mol. The molecule has 0 aliphatic rings. The largest absolute Gasteiger partial charge is 0.504 e. The zero-order valence-corrected chi connectivity index (χ0v) is 6.95. The summed E-state index contributed by atoms with van der Waals surface area (Å²) in [5.41, 5.74) is 0. The molecule has 3 heteroatoms. The lowest BCUT2D eigenvalue weighted by Gasteiger charge is -2.07. The maximum atomic E-state index is 9.23. The normalized spacial score (nSPS) is 9.75. The van der Waals surface area contributed by atoms with Crippen molar-refractivity contribution < 1.29 is 14.9 Å². The molecule has 0 saturated carbocycles. The van der Waals surface area contributed by atoms with Crippen molar-refractivity contribution in [2.45, 2.75) is 13.3 Å². The van der Waals surface area contributed by atoms with Crippen molar-refractivity contribution in [1.29, 1.82) is 0 Å². The lowest BCUT2D eigenvalue weighted by Crippen LogP contribution is -1.95.